The number of rotatable bonds is 5. The van der Waals surface area contributed by atoms with Crippen LogP contribution in [0, 0.1) is 5.82 Å². The lowest BCUT2D eigenvalue weighted by Gasteiger charge is -2.09. The lowest BCUT2D eigenvalue weighted by Crippen LogP contribution is -2.24. The van der Waals surface area contributed by atoms with Gasteiger partial charge in [0.25, 0.3) is 0 Å². The molecule has 0 spiro atoms. The van der Waals surface area contributed by atoms with Crippen molar-refractivity contribution in [1.29, 1.82) is 0 Å². The van der Waals surface area contributed by atoms with Gasteiger partial charge in [-0.05, 0) is 18.2 Å². The van der Waals surface area contributed by atoms with Gasteiger partial charge in [-0.25, -0.2) is 4.39 Å². The van der Waals surface area contributed by atoms with E-state index in [9.17, 15) is 17.6 Å². The van der Waals surface area contributed by atoms with Crippen LogP contribution in [0.15, 0.2) is 22.7 Å². The quantitative estimate of drug-likeness (QED) is 0.665. The van der Waals surface area contributed by atoms with E-state index in [4.69, 9.17) is 0 Å². The van der Waals surface area contributed by atoms with Crippen molar-refractivity contribution in [3.63, 3.8) is 0 Å². The number of halogens is 5. The third-order valence-corrected chi connectivity index (χ3v) is 2.36. The zero-order chi connectivity index (χ0) is 12.9. The van der Waals surface area contributed by atoms with Crippen LogP contribution in [0.5, 0.6) is 0 Å². The van der Waals surface area contributed by atoms with E-state index >= 15 is 0 Å². The van der Waals surface area contributed by atoms with Crippen molar-refractivity contribution in [3.8, 4) is 0 Å². The fraction of sp³-hybridized carbons (Fsp3) is 0.400. The topological polar surface area (TPSA) is 21.3 Å². The van der Waals surface area contributed by atoms with E-state index in [-0.39, 0.29) is 13.1 Å². The zero-order valence-electron chi connectivity index (χ0n) is 8.65. The molecular weight excluding hydrogens is 306 g/mol. The maximum Gasteiger partial charge on any atom is 0.522 e. The van der Waals surface area contributed by atoms with Crippen LogP contribution < -0.4 is 5.32 Å². The first-order valence-electron chi connectivity index (χ1n) is 4.74. The Labute approximate surface area is 104 Å². The Morgan fingerprint density at radius 3 is 2.65 bits per heavy atom. The first-order valence-corrected chi connectivity index (χ1v) is 5.53. The van der Waals surface area contributed by atoms with Crippen LogP contribution in [-0.2, 0) is 11.3 Å². The van der Waals surface area contributed by atoms with Gasteiger partial charge in [0.05, 0.1) is 6.61 Å². The summed E-state index contributed by atoms with van der Waals surface area (Å²) in [5.41, 5.74) is 0.381. The molecule has 0 fully saturated rings. The minimum absolute atomic E-state index is 0.00847. The Kier molecular flexibility index (Phi) is 5.35. The highest BCUT2D eigenvalue weighted by Gasteiger charge is 2.28. The molecule has 17 heavy (non-hydrogen) atoms. The summed E-state index contributed by atoms with van der Waals surface area (Å²) in [5.74, 6) is -0.405. The van der Waals surface area contributed by atoms with Gasteiger partial charge in [-0.1, -0.05) is 15.9 Å². The second-order valence-electron chi connectivity index (χ2n) is 3.21. The minimum Gasteiger partial charge on any atom is -0.310 e. The van der Waals surface area contributed by atoms with Gasteiger partial charge in [-0.15, -0.1) is 13.2 Å². The Morgan fingerprint density at radius 1 is 1.29 bits per heavy atom. The van der Waals surface area contributed by atoms with E-state index in [1.807, 2.05) is 0 Å². The van der Waals surface area contributed by atoms with Gasteiger partial charge in [0.2, 0.25) is 0 Å². The highest BCUT2D eigenvalue weighted by atomic mass is 79.9. The average Bonchev–Trinajstić information content (AvgIpc) is 2.21. The second-order valence-corrected chi connectivity index (χ2v) is 4.12. The predicted molar refractivity (Wildman–Crippen MR) is 57.8 cm³/mol. The number of alkyl halides is 3. The number of benzene rings is 1. The third-order valence-electron chi connectivity index (χ3n) is 1.87. The highest BCUT2D eigenvalue weighted by molar-refractivity contribution is 9.10. The maximum absolute atomic E-state index is 13.2. The molecule has 0 heterocycles. The first-order chi connectivity index (χ1) is 7.88. The van der Waals surface area contributed by atoms with Gasteiger partial charge in [0.1, 0.15) is 5.82 Å². The standard InChI is InChI=1S/C10H10BrF4NO/c11-8-1-2-9(12)7(5-8)6-16-3-4-17-10(13,14)15/h1-2,5,16H,3-4,6H2. The zero-order valence-corrected chi connectivity index (χ0v) is 10.2. The van der Waals surface area contributed by atoms with E-state index in [1.165, 1.54) is 6.07 Å². The molecule has 96 valence electrons. The summed E-state index contributed by atoms with van der Waals surface area (Å²) in [6.45, 7) is -0.364. The van der Waals surface area contributed by atoms with Crippen molar-refractivity contribution in [3.05, 3.63) is 34.1 Å². The molecule has 0 saturated heterocycles. The molecule has 0 aliphatic heterocycles. The average molecular weight is 316 g/mol. The summed E-state index contributed by atoms with van der Waals surface area (Å²) >= 11 is 3.18. The summed E-state index contributed by atoms with van der Waals surface area (Å²) < 4.78 is 52.3. The Hall–Kier alpha value is -0.660. The van der Waals surface area contributed by atoms with Crippen LogP contribution in [0.4, 0.5) is 17.6 Å². The van der Waals surface area contributed by atoms with E-state index in [0.717, 1.165) is 0 Å². The third kappa shape index (κ3) is 5.99. The molecule has 1 aromatic carbocycles. The summed E-state index contributed by atoms with van der Waals surface area (Å²) in [6, 6.07) is 4.39. The molecule has 1 N–H and O–H groups in total. The fourth-order valence-corrected chi connectivity index (χ4v) is 1.55. The van der Waals surface area contributed by atoms with Crippen molar-refractivity contribution in [2.45, 2.75) is 12.9 Å². The molecule has 0 aromatic heterocycles. The van der Waals surface area contributed by atoms with E-state index in [0.29, 0.717) is 10.0 Å². The van der Waals surface area contributed by atoms with Crippen LogP contribution in [-0.4, -0.2) is 19.5 Å². The summed E-state index contributed by atoms with van der Waals surface area (Å²) in [4.78, 5) is 0. The van der Waals surface area contributed by atoms with Crippen LogP contribution in [0.25, 0.3) is 0 Å². The van der Waals surface area contributed by atoms with E-state index in [2.05, 4.69) is 26.0 Å². The van der Waals surface area contributed by atoms with Crippen molar-refractivity contribution in [2.75, 3.05) is 13.2 Å². The molecule has 0 atom stereocenters. The lowest BCUT2D eigenvalue weighted by atomic mass is 10.2. The second kappa shape index (κ2) is 6.32. The molecule has 0 aliphatic carbocycles. The highest BCUT2D eigenvalue weighted by Crippen LogP contribution is 2.16. The Balaban J connectivity index is 2.29. The molecular formula is C10H10BrF4NO. The molecule has 0 aliphatic rings. The first kappa shape index (κ1) is 14.4. The normalized spacial score (nSPS) is 11.8. The molecule has 0 amide bonds. The number of ether oxygens (including phenoxy) is 1. The van der Waals surface area contributed by atoms with E-state index < -0.39 is 18.8 Å². The van der Waals surface area contributed by atoms with Crippen LogP contribution in [0.2, 0.25) is 0 Å². The summed E-state index contributed by atoms with van der Waals surface area (Å²) in [6.07, 6.45) is -4.62. The van der Waals surface area contributed by atoms with Gasteiger partial charge >= 0.3 is 6.36 Å². The molecule has 0 bridgehead atoms. The smallest absolute Gasteiger partial charge is 0.310 e. The molecule has 1 rings (SSSR count). The monoisotopic (exact) mass is 315 g/mol. The number of nitrogens with one attached hydrogen (secondary N) is 1. The Morgan fingerprint density at radius 2 is 2.00 bits per heavy atom. The predicted octanol–water partition coefficient (Wildman–Crippen LogP) is 3.21. The lowest BCUT2D eigenvalue weighted by molar-refractivity contribution is -0.323. The van der Waals surface area contributed by atoms with Crippen LogP contribution in [0.3, 0.4) is 0 Å². The van der Waals surface area contributed by atoms with Gasteiger partial charge in [-0.3, -0.25) is 4.74 Å². The number of hydrogen-bond acceptors (Lipinski definition) is 2. The van der Waals surface area contributed by atoms with Crippen LogP contribution in [0.1, 0.15) is 5.56 Å². The van der Waals surface area contributed by atoms with Crippen molar-refractivity contribution >= 4 is 15.9 Å². The SMILES string of the molecule is Fc1ccc(Br)cc1CNCCOC(F)(F)F. The van der Waals surface area contributed by atoms with Crippen molar-refractivity contribution in [1.82, 2.24) is 5.32 Å². The molecule has 1 aromatic rings. The summed E-state index contributed by atoms with van der Waals surface area (Å²) in [7, 11) is 0. The summed E-state index contributed by atoms with van der Waals surface area (Å²) in [5, 5.41) is 2.66. The maximum atomic E-state index is 13.2. The molecule has 7 heteroatoms. The van der Waals surface area contributed by atoms with Gasteiger partial charge in [-0.2, -0.15) is 0 Å². The molecule has 2 nitrogen and oxygen atoms in total. The van der Waals surface area contributed by atoms with Gasteiger partial charge in [0, 0.05) is 23.1 Å². The van der Waals surface area contributed by atoms with Crippen LogP contribution >= 0.6 is 15.9 Å². The fourth-order valence-electron chi connectivity index (χ4n) is 1.14. The molecule has 0 radical (unpaired) electrons. The van der Waals surface area contributed by atoms with Gasteiger partial charge in [0.15, 0.2) is 0 Å². The molecule has 0 saturated carbocycles. The number of hydrogen-bond donors (Lipinski definition) is 1. The largest absolute Gasteiger partial charge is 0.522 e. The van der Waals surface area contributed by atoms with E-state index in [1.54, 1.807) is 12.1 Å². The Bertz CT molecular complexity index is 370. The van der Waals surface area contributed by atoms with Crippen molar-refractivity contribution < 1.29 is 22.3 Å². The van der Waals surface area contributed by atoms with Crippen molar-refractivity contribution in [2.24, 2.45) is 0 Å². The minimum atomic E-state index is -4.62. The van der Waals surface area contributed by atoms with Gasteiger partial charge < -0.3 is 5.32 Å². The molecule has 0 unspecified atom stereocenters.